The minimum atomic E-state index is 0.0677. The van der Waals surface area contributed by atoms with Crippen LogP contribution in [0.25, 0.3) is 5.69 Å². The van der Waals surface area contributed by atoms with Crippen LogP contribution >= 0.6 is 11.8 Å². The van der Waals surface area contributed by atoms with E-state index in [1.54, 1.807) is 10.9 Å². The van der Waals surface area contributed by atoms with Crippen LogP contribution in [0.5, 0.6) is 11.5 Å². The van der Waals surface area contributed by atoms with E-state index in [-0.39, 0.29) is 12.6 Å². The zero-order valence-corrected chi connectivity index (χ0v) is 15.5. The molecule has 2 aromatic heterocycles. The van der Waals surface area contributed by atoms with E-state index in [0.717, 1.165) is 39.3 Å². The molecule has 0 atom stereocenters. The van der Waals surface area contributed by atoms with Crippen LogP contribution in [0.15, 0.2) is 35.7 Å². The van der Waals surface area contributed by atoms with E-state index in [2.05, 4.69) is 14.8 Å². The van der Waals surface area contributed by atoms with Gasteiger partial charge in [-0.25, -0.2) is 0 Å². The third kappa shape index (κ3) is 2.86. The van der Waals surface area contributed by atoms with E-state index in [4.69, 9.17) is 9.47 Å². The average molecular weight is 370 g/mol. The number of Topliss-reactive ketones (excluding diaryl/α,β-unsaturated/α-hetero) is 1. The van der Waals surface area contributed by atoms with Crippen LogP contribution < -0.4 is 9.47 Å². The predicted octanol–water partition coefficient (Wildman–Crippen LogP) is 2.93. The molecule has 0 amide bonds. The number of nitrogens with zero attached hydrogens (tertiary/aromatic N) is 4. The molecule has 1 aliphatic rings. The molecule has 3 heterocycles. The summed E-state index contributed by atoms with van der Waals surface area (Å²) in [5.74, 6) is 1.85. The molecule has 8 heteroatoms. The fourth-order valence-electron chi connectivity index (χ4n) is 3.08. The molecule has 134 valence electrons. The van der Waals surface area contributed by atoms with Crippen molar-refractivity contribution in [3.05, 3.63) is 47.5 Å². The van der Waals surface area contributed by atoms with E-state index in [0.29, 0.717) is 5.75 Å². The summed E-state index contributed by atoms with van der Waals surface area (Å²) in [7, 11) is 1.86. The van der Waals surface area contributed by atoms with Crippen LogP contribution in [0.4, 0.5) is 0 Å². The molecule has 0 spiro atoms. The second-order valence-corrected chi connectivity index (χ2v) is 7.04. The number of carbonyl (C=O) groups excluding carboxylic acids is 1. The molecule has 1 aromatic carbocycles. The largest absolute Gasteiger partial charge is 0.454 e. The SMILES string of the molecule is Cc1cc(C(=O)CSc2nncn2C)c(C)n1-c1ccc2c(c1)OCO2. The van der Waals surface area contributed by atoms with Crippen molar-refractivity contribution in [2.75, 3.05) is 12.5 Å². The number of aromatic nitrogens is 4. The van der Waals surface area contributed by atoms with Crippen LogP contribution in [-0.4, -0.2) is 37.7 Å². The van der Waals surface area contributed by atoms with Gasteiger partial charge >= 0.3 is 0 Å². The van der Waals surface area contributed by atoms with Crippen molar-refractivity contribution >= 4 is 17.5 Å². The molecule has 0 radical (unpaired) electrons. The highest BCUT2D eigenvalue weighted by molar-refractivity contribution is 7.99. The minimum Gasteiger partial charge on any atom is -0.454 e. The van der Waals surface area contributed by atoms with E-state index >= 15 is 0 Å². The van der Waals surface area contributed by atoms with E-state index in [1.165, 1.54) is 11.8 Å². The highest BCUT2D eigenvalue weighted by Crippen LogP contribution is 2.35. The van der Waals surface area contributed by atoms with Crippen molar-refractivity contribution in [2.24, 2.45) is 7.05 Å². The quantitative estimate of drug-likeness (QED) is 0.508. The first-order valence-corrected chi connectivity index (χ1v) is 9.12. The molecule has 0 aliphatic carbocycles. The van der Waals surface area contributed by atoms with E-state index in [1.807, 2.05) is 45.2 Å². The first-order valence-electron chi connectivity index (χ1n) is 8.13. The number of fused-ring (bicyclic) bond motifs is 1. The van der Waals surface area contributed by atoms with Gasteiger partial charge in [-0.3, -0.25) is 4.79 Å². The molecule has 1 aliphatic heterocycles. The number of thioether (sulfide) groups is 1. The zero-order valence-electron chi connectivity index (χ0n) is 14.7. The lowest BCUT2D eigenvalue weighted by atomic mass is 10.2. The highest BCUT2D eigenvalue weighted by Gasteiger charge is 2.20. The number of ketones is 1. The maximum Gasteiger partial charge on any atom is 0.231 e. The van der Waals surface area contributed by atoms with Gasteiger partial charge in [0.25, 0.3) is 0 Å². The van der Waals surface area contributed by atoms with Gasteiger partial charge in [0.05, 0.1) is 5.75 Å². The summed E-state index contributed by atoms with van der Waals surface area (Å²) < 4.78 is 14.7. The summed E-state index contributed by atoms with van der Waals surface area (Å²) in [4.78, 5) is 12.7. The maximum atomic E-state index is 12.7. The van der Waals surface area contributed by atoms with Gasteiger partial charge in [-0.05, 0) is 32.0 Å². The Morgan fingerprint density at radius 3 is 2.81 bits per heavy atom. The Morgan fingerprint density at radius 1 is 1.23 bits per heavy atom. The first kappa shape index (κ1) is 16.7. The van der Waals surface area contributed by atoms with Crippen LogP contribution in [-0.2, 0) is 7.05 Å². The van der Waals surface area contributed by atoms with Crippen molar-refractivity contribution < 1.29 is 14.3 Å². The van der Waals surface area contributed by atoms with E-state index < -0.39 is 0 Å². The number of ether oxygens (including phenoxy) is 2. The molecule has 0 bridgehead atoms. The number of carbonyl (C=O) groups is 1. The Kier molecular flexibility index (Phi) is 4.20. The number of rotatable bonds is 5. The summed E-state index contributed by atoms with van der Waals surface area (Å²) in [5.41, 5.74) is 3.57. The molecule has 0 fully saturated rings. The Hall–Kier alpha value is -2.74. The zero-order chi connectivity index (χ0) is 18.3. The molecule has 4 rings (SSSR count). The van der Waals surface area contributed by atoms with Gasteiger partial charge < -0.3 is 18.6 Å². The Balaban J connectivity index is 1.60. The lowest BCUT2D eigenvalue weighted by Crippen LogP contribution is -2.06. The standard InChI is InChI=1S/C18H18N4O3S/c1-11-6-14(15(23)8-26-18-20-19-9-21(18)3)12(2)22(11)13-4-5-16-17(7-13)25-10-24-16/h4-7,9H,8,10H2,1-3H3. The number of benzene rings is 1. The number of aryl methyl sites for hydroxylation is 2. The third-order valence-electron chi connectivity index (χ3n) is 4.35. The van der Waals surface area contributed by atoms with Gasteiger partial charge in [0.1, 0.15) is 6.33 Å². The maximum absolute atomic E-state index is 12.7. The molecule has 0 N–H and O–H groups in total. The third-order valence-corrected chi connectivity index (χ3v) is 5.38. The van der Waals surface area contributed by atoms with Crippen LogP contribution in [0.2, 0.25) is 0 Å². The Morgan fingerprint density at radius 2 is 2.04 bits per heavy atom. The highest BCUT2D eigenvalue weighted by atomic mass is 32.2. The summed E-state index contributed by atoms with van der Waals surface area (Å²) in [6, 6.07) is 7.72. The van der Waals surface area contributed by atoms with Crippen LogP contribution in [0.3, 0.4) is 0 Å². The van der Waals surface area contributed by atoms with Crippen molar-refractivity contribution in [2.45, 2.75) is 19.0 Å². The van der Waals surface area contributed by atoms with Gasteiger partial charge in [-0.15, -0.1) is 10.2 Å². The number of hydrogen-bond donors (Lipinski definition) is 0. The molecule has 3 aromatic rings. The fraction of sp³-hybridized carbons (Fsp3) is 0.278. The van der Waals surface area contributed by atoms with Gasteiger partial charge in [0, 0.05) is 35.8 Å². The molecule has 0 saturated carbocycles. The summed E-state index contributed by atoms with van der Waals surface area (Å²) in [6.07, 6.45) is 1.62. The topological polar surface area (TPSA) is 71.2 Å². The molecule has 0 unspecified atom stereocenters. The summed E-state index contributed by atoms with van der Waals surface area (Å²) in [5, 5.41) is 8.56. The Labute approximate surface area is 154 Å². The molecule has 26 heavy (non-hydrogen) atoms. The van der Waals surface area contributed by atoms with Gasteiger partial charge in [-0.1, -0.05) is 11.8 Å². The van der Waals surface area contributed by atoms with Gasteiger partial charge in [0.15, 0.2) is 22.4 Å². The normalized spacial score (nSPS) is 12.6. The molecular formula is C18H18N4O3S. The average Bonchev–Trinajstić information content (AvgIpc) is 3.31. The lowest BCUT2D eigenvalue weighted by Gasteiger charge is -2.10. The van der Waals surface area contributed by atoms with Crippen molar-refractivity contribution in [3.8, 4) is 17.2 Å². The van der Waals surface area contributed by atoms with Crippen LogP contribution in [0.1, 0.15) is 21.7 Å². The summed E-state index contributed by atoms with van der Waals surface area (Å²) >= 11 is 1.39. The number of hydrogen-bond acceptors (Lipinski definition) is 6. The van der Waals surface area contributed by atoms with Gasteiger partial charge in [0.2, 0.25) is 6.79 Å². The molecule has 0 saturated heterocycles. The Bertz CT molecular complexity index is 992. The second-order valence-electron chi connectivity index (χ2n) is 6.09. The smallest absolute Gasteiger partial charge is 0.231 e. The molecule has 7 nitrogen and oxygen atoms in total. The predicted molar refractivity (Wildman–Crippen MR) is 97.4 cm³/mol. The van der Waals surface area contributed by atoms with Crippen molar-refractivity contribution in [1.29, 1.82) is 0 Å². The summed E-state index contributed by atoms with van der Waals surface area (Å²) in [6.45, 7) is 4.19. The monoisotopic (exact) mass is 370 g/mol. The van der Waals surface area contributed by atoms with Gasteiger partial charge in [-0.2, -0.15) is 0 Å². The van der Waals surface area contributed by atoms with E-state index in [9.17, 15) is 4.79 Å². The minimum absolute atomic E-state index is 0.0677. The first-order chi connectivity index (χ1) is 12.5. The van der Waals surface area contributed by atoms with Crippen molar-refractivity contribution in [3.63, 3.8) is 0 Å². The molecular weight excluding hydrogens is 352 g/mol. The van der Waals surface area contributed by atoms with Crippen molar-refractivity contribution in [1.82, 2.24) is 19.3 Å². The lowest BCUT2D eigenvalue weighted by molar-refractivity contribution is 0.102. The fourth-order valence-corrected chi connectivity index (χ4v) is 3.85. The second kappa shape index (κ2) is 6.53. The van der Waals surface area contributed by atoms with Crippen LogP contribution in [0, 0.1) is 13.8 Å².